The molecule has 0 spiro atoms. The lowest BCUT2D eigenvalue weighted by Crippen LogP contribution is -2.08. The number of carbonyl (C=O) groups excluding carboxylic acids is 2. The number of fused-ring (bicyclic) bond motifs is 2. The van der Waals surface area contributed by atoms with Gasteiger partial charge in [-0.05, 0) is 55.5 Å². The van der Waals surface area contributed by atoms with E-state index >= 15 is 0 Å². The number of hydrogen-bond donors (Lipinski definition) is 0. The third-order valence-corrected chi connectivity index (χ3v) is 5.62. The molecule has 2 heterocycles. The third kappa shape index (κ3) is 3.76. The SMILES string of the molecule is CCn1cc(C=C2Oc3cc(OC(=O)c4ccc(OC)cc4)ccc3C2=O)c2ccccc21. The minimum absolute atomic E-state index is 0.202. The molecule has 0 bridgehead atoms. The van der Waals surface area contributed by atoms with Crippen molar-refractivity contribution in [2.45, 2.75) is 13.5 Å². The highest BCUT2D eigenvalue weighted by atomic mass is 16.5. The number of aromatic nitrogens is 1. The number of Topliss-reactive ketones (excluding diaryl/α,β-unsaturated/α-hetero) is 1. The molecule has 1 aliphatic rings. The van der Waals surface area contributed by atoms with Crippen LogP contribution in [-0.4, -0.2) is 23.4 Å². The Morgan fingerprint density at radius 1 is 1.03 bits per heavy atom. The van der Waals surface area contributed by atoms with Crippen molar-refractivity contribution in [1.29, 1.82) is 0 Å². The maximum Gasteiger partial charge on any atom is 0.343 e. The largest absolute Gasteiger partial charge is 0.497 e. The van der Waals surface area contributed by atoms with Gasteiger partial charge < -0.3 is 18.8 Å². The van der Waals surface area contributed by atoms with Crippen LogP contribution in [0.25, 0.3) is 17.0 Å². The van der Waals surface area contributed by atoms with E-state index in [-0.39, 0.29) is 11.5 Å². The number of ketones is 1. The first-order chi connectivity index (χ1) is 16.1. The molecule has 5 rings (SSSR count). The molecule has 0 aliphatic carbocycles. The number of allylic oxidation sites excluding steroid dienone is 1. The fraction of sp³-hybridized carbons (Fsp3) is 0.111. The fourth-order valence-corrected chi connectivity index (χ4v) is 3.92. The average Bonchev–Trinajstić information content (AvgIpc) is 3.36. The summed E-state index contributed by atoms with van der Waals surface area (Å²) < 4.78 is 18.6. The highest BCUT2D eigenvalue weighted by Gasteiger charge is 2.28. The number of rotatable bonds is 5. The van der Waals surface area contributed by atoms with E-state index in [1.54, 1.807) is 55.7 Å². The van der Waals surface area contributed by atoms with E-state index in [0.29, 0.717) is 28.4 Å². The zero-order chi connectivity index (χ0) is 22.9. The monoisotopic (exact) mass is 439 g/mol. The number of benzene rings is 3. The maximum absolute atomic E-state index is 12.9. The lowest BCUT2D eigenvalue weighted by Gasteiger charge is -2.06. The summed E-state index contributed by atoms with van der Waals surface area (Å²) in [4.78, 5) is 25.4. The Bertz CT molecular complexity index is 1410. The van der Waals surface area contributed by atoms with Gasteiger partial charge in [-0.3, -0.25) is 4.79 Å². The summed E-state index contributed by atoms with van der Waals surface area (Å²) in [5, 5.41) is 1.05. The van der Waals surface area contributed by atoms with Gasteiger partial charge in [0, 0.05) is 35.3 Å². The quantitative estimate of drug-likeness (QED) is 0.233. The number of ether oxygens (including phenoxy) is 3. The molecule has 3 aromatic carbocycles. The highest BCUT2D eigenvalue weighted by molar-refractivity contribution is 6.15. The van der Waals surface area contributed by atoms with Gasteiger partial charge in [-0.2, -0.15) is 0 Å². The van der Waals surface area contributed by atoms with Crippen LogP contribution >= 0.6 is 0 Å². The van der Waals surface area contributed by atoms with Crippen LogP contribution in [0.15, 0.2) is 78.7 Å². The van der Waals surface area contributed by atoms with Crippen molar-refractivity contribution in [1.82, 2.24) is 4.57 Å². The number of nitrogens with zero attached hydrogens (tertiary/aromatic N) is 1. The molecule has 0 N–H and O–H groups in total. The van der Waals surface area contributed by atoms with Crippen molar-refractivity contribution in [3.05, 3.63) is 95.4 Å². The van der Waals surface area contributed by atoms with Gasteiger partial charge in [0.15, 0.2) is 5.76 Å². The summed E-state index contributed by atoms with van der Waals surface area (Å²) >= 11 is 0. The zero-order valence-corrected chi connectivity index (χ0v) is 18.2. The third-order valence-electron chi connectivity index (χ3n) is 5.62. The Morgan fingerprint density at radius 2 is 1.79 bits per heavy atom. The number of aryl methyl sites for hydroxylation is 1. The molecular formula is C27H21NO5. The maximum atomic E-state index is 12.9. The summed E-state index contributed by atoms with van der Waals surface area (Å²) in [6, 6.07) is 19.4. The molecule has 0 amide bonds. The first kappa shape index (κ1) is 20.6. The Labute approximate surface area is 190 Å². The molecule has 0 fully saturated rings. The van der Waals surface area contributed by atoms with Crippen molar-refractivity contribution < 1.29 is 23.8 Å². The first-order valence-corrected chi connectivity index (χ1v) is 10.6. The van der Waals surface area contributed by atoms with Crippen LogP contribution in [0.5, 0.6) is 17.2 Å². The van der Waals surface area contributed by atoms with Gasteiger partial charge in [0.2, 0.25) is 5.78 Å². The lowest BCUT2D eigenvalue weighted by atomic mass is 10.1. The molecule has 164 valence electrons. The van der Waals surface area contributed by atoms with Crippen LogP contribution in [-0.2, 0) is 6.54 Å². The van der Waals surface area contributed by atoms with Gasteiger partial charge in [-0.1, -0.05) is 18.2 Å². The number of esters is 1. The molecular weight excluding hydrogens is 418 g/mol. The van der Waals surface area contributed by atoms with Crippen LogP contribution in [0.3, 0.4) is 0 Å². The van der Waals surface area contributed by atoms with Crippen molar-refractivity contribution >= 4 is 28.7 Å². The Balaban J connectivity index is 1.40. The second-order valence-corrected chi connectivity index (χ2v) is 7.60. The predicted molar refractivity (Wildman–Crippen MR) is 125 cm³/mol. The number of methoxy groups -OCH3 is 1. The molecule has 0 saturated heterocycles. The molecule has 0 atom stereocenters. The summed E-state index contributed by atoms with van der Waals surface area (Å²) in [5.74, 6) is 0.841. The highest BCUT2D eigenvalue weighted by Crippen LogP contribution is 2.36. The van der Waals surface area contributed by atoms with Crippen LogP contribution in [0.1, 0.15) is 33.2 Å². The van der Waals surface area contributed by atoms with E-state index in [4.69, 9.17) is 14.2 Å². The second-order valence-electron chi connectivity index (χ2n) is 7.60. The van der Waals surface area contributed by atoms with Crippen LogP contribution in [0.2, 0.25) is 0 Å². The Morgan fingerprint density at radius 3 is 2.55 bits per heavy atom. The minimum Gasteiger partial charge on any atom is -0.497 e. The predicted octanol–water partition coefficient (Wildman–Crippen LogP) is 5.51. The molecule has 0 radical (unpaired) electrons. The second kappa shape index (κ2) is 8.31. The Kier molecular flexibility index (Phi) is 5.18. The van der Waals surface area contributed by atoms with E-state index in [9.17, 15) is 9.59 Å². The molecule has 0 saturated carbocycles. The molecule has 1 aliphatic heterocycles. The smallest absolute Gasteiger partial charge is 0.343 e. The van der Waals surface area contributed by atoms with Gasteiger partial charge in [0.1, 0.15) is 17.2 Å². The topological polar surface area (TPSA) is 66.8 Å². The van der Waals surface area contributed by atoms with Crippen LogP contribution in [0, 0.1) is 0 Å². The van der Waals surface area contributed by atoms with Crippen molar-refractivity contribution in [2.75, 3.05) is 7.11 Å². The van der Waals surface area contributed by atoms with Crippen LogP contribution in [0.4, 0.5) is 0 Å². The fourth-order valence-electron chi connectivity index (χ4n) is 3.92. The van der Waals surface area contributed by atoms with E-state index in [1.807, 2.05) is 24.4 Å². The van der Waals surface area contributed by atoms with Crippen molar-refractivity contribution in [3.63, 3.8) is 0 Å². The summed E-state index contributed by atoms with van der Waals surface area (Å²) in [7, 11) is 1.56. The minimum atomic E-state index is -0.509. The number of carbonyl (C=O) groups is 2. The van der Waals surface area contributed by atoms with Gasteiger partial charge in [-0.25, -0.2) is 4.79 Å². The summed E-state index contributed by atoms with van der Waals surface area (Å²) in [6.45, 7) is 2.90. The molecule has 4 aromatic rings. The van der Waals surface area contributed by atoms with E-state index in [1.165, 1.54) is 0 Å². The molecule has 33 heavy (non-hydrogen) atoms. The van der Waals surface area contributed by atoms with Crippen molar-refractivity contribution in [3.8, 4) is 17.2 Å². The van der Waals surface area contributed by atoms with Crippen molar-refractivity contribution in [2.24, 2.45) is 0 Å². The molecule has 0 unspecified atom stereocenters. The molecule has 6 heteroatoms. The molecule has 1 aromatic heterocycles. The van der Waals surface area contributed by atoms with E-state index in [2.05, 4.69) is 17.6 Å². The summed E-state index contributed by atoms with van der Waals surface area (Å²) in [5.41, 5.74) is 2.84. The average molecular weight is 439 g/mol. The lowest BCUT2D eigenvalue weighted by molar-refractivity contribution is 0.0734. The standard InChI is InChI=1S/C27H21NO5/c1-3-28-16-18(21-6-4-5-7-23(21)28)14-25-26(29)22-13-12-20(15-24(22)33-25)32-27(30)17-8-10-19(31-2)11-9-17/h4-16H,3H2,1-2H3. The normalized spacial score (nSPS) is 13.8. The number of para-hydroxylation sites is 1. The van der Waals surface area contributed by atoms with Gasteiger partial charge in [0.25, 0.3) is 0 Å². The zero-order valence-electron chi connectivity index (χ0n) is 18.2. The van der Waals surface area contributed by atoms with E-state index < -0.39 is 5.97 Å². The molecule has 6 nitrogen and oxygen atoms in total. The van der Waals surface area contributed by atoms with Gasteiger partial charge in [-0.15, -0.1) is 0 Å². The first-order valence-electron chi connectivity index (χ1n) is 10.6. The van der Waals surface area contributed by atoms with E-state index in [0.717, 1.165) is 23.0 Å². The summed E-state index contributed by atoms with van der Waals surface area (Å²) in [6.07, 6.45) is 3.78. The van der Waals surface area contributed by atoms with Crippen LogP contribution < -0.4 is 14.2 Å². The van der Waals surface area contributed by atoms with Gasteiger partial charge in [0.05, 0.1) is 18.2 Å². The Hall–Kier alpha value is -4.32. The number of hydrogen-bond acceptors (Lipinski definition) is 5. The van der Waals surface area contributed by atoms with Gasteiger partial charge >= 0.3 is 5.97 Å².